The Labute approximate surface area is 108 Å². The summed E-state index contributed by atoms with van der Waals surface area (Å²) in [5, 5.41) is 4.19. The highest BCUT2D eigenvalue weighted by atomic mass is 79.9. The lowest BCUT2D eigenvalue weighted by Gasteiger charge is -2.14. The number of rotatable bonds is 2. The van der Waals surface area contributed by atoms with E-state index in [0.717, 1.165) is 15.7 Å². The molecule has 1 aromatic heterocycles. The Hall–Kier alpha value is -1.20. The van der Waals surface area contributed by atoms with Gasteiger partial charge in [-0.15, -0.1) is 0 Å². The maximum Gasteiger partial charge on any atom is 0.126 e. The molecule has 1 aromatic carbocycles. The summed E-state index contributed by atoms with van der Waals surface area (Å²) in [5.74, 6) is -0.243. The third kappa shape index (κ3) is 2.40. The molecule has 0 fully saturated rings. The van der Waals surface area contributed by atoms with Crippen LogP contribution < -0.4 is 5.73 Å². The van der Waals surface area contributed by atoms with Crippen LogP contribution in [0.5, 0.6) is 0 Å². The highest BCUT2D eigenvalue weighted by Crippen LogP contribution is 2.24. The van der Waals surface area contributed by atoms with Gasteiger partial charge in [-0.1, -0.05) is 0 Å². The van der Waals surface area contributed by atoms with Crippen molar-refractivity contribution in [2.75, 3.05) is 0 Å². The van der Waals surface area contributed by atoms with E-state index >= 15 is 0 Å². The van der Waals surface area contributed by atoms with Crippen molar-refractivity contribution in [1.29, 1.82) is 0 Å². The van der Waals surface area contributed by atoms with Crippen LogP contribution in [0.15, 0.2) is 29.0 Å². The minimum absolute atomic E-state index is 0.243. The monoisotopic (exact) mass is 297 g/mol. The van der Waals surface area contributed by atoms with Crippen LogP contribution in [-0.2, 0) is 0 Å². The molecule has 3 nitrogen and oxygen atoms in total. The molecule has 0 aliphatic carbocycles. The SMILES string of the molecule is Cc1cc(-n2cc(Br)cn2)c([C@@H](C)N)cc1F. The molecule has 2 aromatic rings. The summed E-state index contributed by atoms with van der Waals surface area (Å²) in [6, 6.07) is 2.99. The van der Waals surface area contributed by atoms with E-state index in [4.69, 9.17) is 5.73 Å². The number of benzene rings is 1. The van der Waals surface area contributed by atoms with Crippen molar-refractivity contribution in [3.05, 3.63) is 45.9 Å². The minimum atomic E-state index is -0.247. The topological polar surface area (TPSA) is 43.8 Å². The molecule has 90 valence electrons. The molecule has 2 rings (SSSR count). The van der Waals surface area contributed by atoms with Crippen molar-refractivity contribution >= 4 is 15.9 Å². The van der Waals surface area contributed by atoms with E-state index in [1.807, 2.05) is 13.1 Å². The molecule has 0 unspecified atom stereocenters. The third-order valence-corrected chi connectivity index (χ3v) is 3.01. The minimum Gasteiger partial charge on any atom is -0.324 e. The van der Waals surface area contributed by atoms with Gasteiger partial charge in [0, 0.05) is 12.2 Å². The van der Waals surface area contributed by atoms with Crippen molar-refractivity contribution in [2.45, 2.75) is 19.9 Å². The van der Waals surface area contributed by atoms with Gasteiger partial charge < -0.3 is 5.73 Å². The maximum absolute atomic E-state index is 13.5. The molecule has 2 N–H and O–H groups in total. The van der Waals surface area contributed by atoms with Crippen LogP contribution in [0, 0.1) is 12.7 Å². The van der Waals surface area contributed by atoms with Crippen LogP contribution in [-0.4, -0.2) is 9.78 Å². The summed E-state index contributed by atoms with van der Waals surface area (Å²) < 4.78 is 16.1. The molecule has 0 saturated carbocycles. The molecule has 5 heteroatoms. The fraction of sp³-hybridized carbons (Fsp3) is 0.250. The molecule has 0 bridgehead atoms. The van der Waals surface area contributed by atoms with E-state index < -0.39 is 0 Å². The largest absolute Gasteiger partial charge is 0.324 e. The van der Waals surface area contributed by atoms with E-state index in [1.54, 1.807) is 23.9 Å². The van der Waals surface area contributed by atoms with Crippen molar-refractivity contribution in [3.8, 4) is 5.69 Å². The first-order valence-electron chi connectivity index (χ1n) is 5.25. The standard InChI is InChI=1S/C12H13BrFN3/c1-7-3-12(17-6-9(13)5-16-17)10(8(2)15)4-11(7)14/h3-6,8H,15H2,1-2H3/t8-/m1/s1. The second-order valence-electron chi connectivity index (χ2n) is 4.05. The van der Waals surface area contributed by atoms with Crippen LogP contribution >= 0.6 is 15.9 Å². The van der Waals surface area contributed by atoms with E-state index in [0.29, 0.717) is 5.56 Å². The Kier molecular flexibility index (Phi) is 3.31. The predicted molar refractivity (Wildman–Crippen MR) is 68.6 cm³/mol. The first-order valence-corrected chi connectivity index (χ1v) is 6.04. The van der Waals surface area contributed by atoms with Gasteiger partial charge in [0.05, 0.1) is 16.4 Å². The highest BCUT2D eigenvalue weighted by molar-refractivity contribution is 9.10. The Morgan fingerprint density at radius 3 is 2.71 bits per heavy atom. The molecule has 0 amide bonds. The van der Waals surface area contributed by atoms with Gasteiger partial charge in [0.15, 0.2) is 0 Å². The molecule has 0 aliphatic heterocycles. The van der Waals surface area contributed by atoms with E-state index in [-0.39, 0.29) is 11.9 Å². The van der Waals surface area contributed by atoms with Gasteiger partial charge in [-0.25, -0.2) is 9.07 Å². The number of hydrogen-bond acceptors (Lipinski definition) is 2. The van der Waals surface area contributed by atoms with E-state index in [2.05, 4.69) is 21.0 Å². The molecule has 0 radical (unpaired) electrons. The average Bonchev–Trinajstić information content (AvgIpc) is 2.68. The molecular weight excluding hydrogens is 285 g/mol. The molecule has 0 saturated heterocycles. The first-order chi connectivity index (χ1) is 7.99. The Balaban J connectivity index is 2.63. The van der Waals surface area contributed by atoms with Crippen LogP contribution in [0.3, 0.4) is 0 Å². The van der Waals surface area contributed by atoms with Crippen molar-refractivity contribution < 1.29 is 4.39 Å². The van der Waals surface area contributed by atoms with Crippen molar-refractivity contribution in [2.24, 2.45) is 5.73 Å². The third-order valence-electron chi connectivity index (χ3n) is 2.60. The predicted octanol–water partition coefficient (Wildman–Crippen LogP) is 3.10. The van der Waals surface area contributed by atoms with Gasteiger partial charge in [-0.2, -0.15) is 5.10 Å². The zero-order valence-electron chi connectivity index (χ0n) is 9.61. The van der Waals surface area contributed by atoms with Crippen LogP contribution in [0.4, 0.5) is 4.39 Å². The van der Waals surface area contributed by atoms with E-state index in [9.17, 15) is 4.39 Å². The lowest BCUT2D eigenvalue weighted by atomic mass is 10.0. The lowest BCUT2D eigenvalue weighted by Crippen LogP contribution is -2.11. The zero-order valence-corrected chi connectivity index (χ0v) is 11.2. The summed E-state index contributed by atoms with van der Waals surface area (Å²) in [6.45, 7) is 3.55. The molecule has 0 aliphatic rings. The second kappa shape index (κ2) is 4.58. The molecule has 17 heavy (non-hydrogen) atoms. The van der Waals surface area contributed by atoms with Gasteiger partial charge in [-0.05, 0) is 53.0 Å². The van der Waals surface area contributed by atoms with Crippen molar-refractivity contribution in [1.82, 2.24) is 9.78 Å². The Morgan fingerprint density at radius 2 is 2.18 bits per heavy atom. The van der Waals surface area contributed by atoms with Gasteiger partial charge in [0.25, 0.3) is 0 Å². The van der Waals surface area contributed by atoms with E-state index in [1.165, 1.54) is 6.07 Å². The number of aryl methyl sites for hydroxylation is 1. The summed E-state index contributed by atoms with van der Waals surface area (Å²) in [5.41, 5.74) is 7.99. The van der Waals surface area contributed by atoms with Crippen LogP contribution in [0.1, 0.15) is 24.1 Å². The zero-order chi connectivity index (χ0) is 12.6. The Bertz CT molecular complexity index is 549. The number of halogens is 2. The highest BCUT2D eigenvalue weighted by Gasteiger charge is 2.13. The molecule has 1 atom stereocenters. The number of aromatic nitrogens is 2. The van der Waals surface area contributed by atoms with Gasteiger partial charge in [-0.3, -0.25) is 0 Å². The van der Waals surface area contributed by atoms with Gasteiger partial charge >= 0.3 is 0 Å². The van der Waals surface area contributed by atoms with Crippen LogP contribution in [0.2, 0.25) is 0 Å². The summed E-state index contributed by atoms with van der Waals surface area (Å²) in [6.07, 6.45) is 3.50. The molecule has 0 spiro atoms. The van der Waals surface area contributed by atoms with Crippen molar-refractivity contribution in [3.63, 3.8) is 0 Å². The van der Waals surface area contributed by atoms with Gasteiger partial charge in [0.2, 0.25) is 0 Å². The fourth-order valence-corrected chi connectivity index (χ4v) is 1.96. The Morgan fingerprint density at radius 1 is 1.47 bits per heavy atom. The quantitative estimate of drug-likeness (QED) is 0.926. The second-order valence-corrected chi connectivity index (χ2v) is 4.97. The van der Waals surface area contributed by atoms with Crippen LogP contribution in [0.25, 0.3) is 5.69 Å². The summed E-state index contributed by atoms with van der Waals surface area (Å²) >= 11 is 3.34. The van der Waals surface area contributed by atoms with Gasteiger partial charge in [0.1, 0.15) is 5.82 Å². The summed E-state index contributed by atoms with van der Waals surface area (Å²) in [7, 11) is 0. The molecule has 1 heterocycles. The summed E-state index contributed by atoms with van der Waals surface area (Å²) in [4.78, 5) is 0. The first kappa shape index (κ1) is 12.3. The average molecular weight is 298 g/mol. The fourth-order valence-electron chi connectivity index (χ4n) is 1.68. The smallest absolute Gasteiger partial charge is 0.126 e. The normalized spacial score (nSPS) is 12.8. The maximum atomic E-state index is 13.5. The lowest BCUT2D eigenvalue weighted by molar-refractivity contribution is 0.611. The number of nitrogens with two attached hydrogens (primary N) is 1. The molecular formula is C12H13BrFN3. The number of hydrogen-bond donors (Lipinski definition) is 1. The number of nitrogens with zero attached hydrogens (tertiary/aromatic N) is 2.